The molecular weight excluding hydrogens is 280 g/mol. The van der Waals surface area contributed by atoms with Crippen molar-refractivity contribution in [2.24, 2.45) is 5.92 Å². The van der Waals surface area contributed by atoms with Gasteiger partial charge in [-0.1, -0.05) is 6.07 Å². The van der Waals surface area contributed by atoms with Crippen molar-refractivity contribution in [2.45, 2.75) is 19.3 Å². The van der Waals surface area contributed by atoms with Crippen LogP contribution in [0, 0.1) is 5.92 Å². The fraction of sp³-hybridized carbons (Fsp3) is 0.562. The highest BCUT2D eigenvalue weighted by atomic mass is 16.2. The number of likely N-dealkylation sites (N-methyl/N-ethyl adjacent to an activating group) is 1. The third-order valence-corrected chi connectivity index (χ3v) is 3.71. The van der Waals surface area contributed by atoms with Crippen molar-refractivity contribution in [1.29, 1.82) is 0 Å². The summed E-state index contributed by atoms with van der Waals surface area (Å²) in [6.45, 7) is 1.81. The van der Waals surface area contributed by atoms with Gasteiger partial charge in [0.25, 0.3) is 0 Å². The molecule has 6 heteroatoms. The summed E-state index contributed by atoms with van der Waals surface area (Å²) in [4.78, 5) is 29.4. The van der Waals surface area contributed by atoms with Crippen LogP contribution in [-0.4, -0.2) is 54.9 Å². The molecule has 2 amide bonds. The van der Waals surface area contributed by atoms with Gasteiger partial charge in [0.05, 0.1) is 13.1 Å². The molecule has 0 spiro atoms. The number of nitrogens with zero attached hydrogens (tertiary/aromatic N) is 2. The molecule has 0 aromatic carbocycles. The van der Waals surface area contributed by atoms with Gasteiger partial charge >= 0.3 is 0 Å². The second kappa shape index (κ2) is 8.48. The molecule has 1 fully saturated rings. The summed E-state index contributed by atoms with van der Waals surface area (Å²) in [5.41, 5.74) is 0.954. The van der Waals surface area contributed by atoms with Gasteiger partial charge in [-0.2, -0.15) is 0 Å². The predicted octanol–water partition coefficient (Wildman–Crippen LogP) is 0.198. The highest BCUT2D eigenvalue weighted by molar-refractivity contribution is 5.85. The minimum absolute atomic E-state index is 0.0443. The first-order chi connectivity index (χ1) is 10.6. The third-order valence-electron chi connectivity index (χ3n) is 3.71. The number of carbonyl (C=O) groups excluding carboxylic acids is 2. The fourth-order valence-electron chi connectivity index (χ4n) is 2.04. The summed E-state index contributed by atoms with van der Waals surface area (Å²) < 4.78 is 0. The molecule has 0 saturated heterocycles. The minimum atomic E-state index is -0.132. The molecule has 1 heterocycles. The van der Waals surface area contributed by atoms with Crippen LogP contribution >= 0.6 is 0 Å². The molecule has 1 aliphatic carbocycles. The van der Waals surface area contributed by atoms with Crippen LogP contribution in [0.1, 0.15) is 18.5 Å². The molecule has 1 aromatic heterocycles. The number of rotatable bonds is 9. The Morgan fingerprint density at radius 2 is 2.14 bits per heavy atom. The molecule has 1 aliphatic rings. The number of nitrogens with one attached hydrogen (secondary N) is 2. The molecule has 2 N–H and O–H groups in total. The van der Waals surface area contributed by atoms with Gasteiger partial charge in [-0.15, -0.1) is 0 Å². The van der Waals surface area contributed by atoms with E-state index in [1.807, 2.05) is 18.2 Å². The monoisotopic (exact) mass is 304 g/mol. The second-order valence-corrected chi connectivity index (χ2v) is 5.74. The summed E-state index contributed by atoms with van der Waals surface area (Å²) in [6, 6.07) is 5.73. The van der Waals surface area contributed by atoms with Crippen LogP contribution in [0.15, 0.2) is 24.4 Å². The highest BCUT2D eigenvalue weighted by Gasteiger charge is 2.20. The summed E-state index contributed by atoms with van der Waals surface area (Å²) in [6.07, 6.45) is 4.97. The van der Waals surface area contributed by atoms with Gasteiger partial charge in [0.15, 0.2) is 0 Å². The Morgan fingerprint density at radius 1 is 1.32 bits per heavy atom. The predicted molar refractivity (Wildman–Crippen MR) is 84.2 cm³/mol. The van der Waals surface area contributed by atoms with E-state index in [9.17, 15) is 9.59 Å². The first kappa shape index (κ1) is 16.4. The maximum atomic E-state index is 11.9. The summed E-state index contributed by atoms with van der Waals surface area (Å²) in [5, 5.41) is 5.75. The molecule has 0 atom stereocenters. The molecule has 1 aromatic rings. The average Bonchev–Trinajstić information content (AvgIpc) is 3.35. The Labute approximate surface area is 131 Å². The maximum absolute atomic E-state index is 11.9. The molecule has 0 bridgehead atoms. The zero-order valence-electron chi connectivity index (χ0n) is 13.0. The largest absolute Gasteiger partial charge is 0.346 e. The van der Waals surface area contributed by atoms with Crippen LogP contribution in [0.2, 0.25) is 0 Å². The van der Waals surface area contributed by atoms with E-state index in [4.69, 9.17) is 0 Å². The number of amides is 2. The number of carbonyl (C=O) groups is 2. The van der Waals surface area contributed by atoms with Crippen LogP contribution in [0.4, 0.5) is 0 Å². The van der Waals surface area contributed by atoms with E-state index in [2.05, 4.69) is 15.6 Å². The van der Waals surface area contributed by atoms with Gasteiger partial charge < -0.3 is 15.5 Å². The van der Waals surface area contributed by atoms with E-state index in [-0.39, 0.29) is 24.9 Å². The topological polar surface area (TPSA) is 74.3 Å². The van der Waals surface area contributed by atoms with Crippen molar-refractivity contribution in [3.8, 4) is 0 Å². The number of pyridine rings is 1. The van der Waals surface area contributed by atoms with Gasteiger partial charge in [0.1, 0.15) is 0 Å². The van der Waals surface area contributed by atoms with Crippen LogP contribution < -0.4 is 10.6 Å². The Morgan fingerprint density at radius 3 is 2.82 bits per heavy atom. The van der Waals surface area contributed by atoms with Gasteiger partial charge in [-0.3, -0.25) is 14.6 Å². The van der Waals surface area contributed by atoms with E-state index in [1.165, 1.54) is 12.8 Å². The van der Waals surface area contributed by atoms with Crippen molar-refractivity contribution in [3.63, 3.8) is 0 Å². The Balaban J connectivity index is 1.57. The van der Waals surface area contributed by atoms with E-state index < -0.39 is 0 Å². The molecule has 2 rings (SSSR count). The molecule has 0 unspecified atom stereocenters. The van der Waals surface area contributed by atoms with Crippen molar-refractivity contribution in [3.05, 3.63) is 30.1 Å². The van der Waals surface area contributed by atoms with Crippen LogP contribution in [-0.2, 0) is 16.0 Å². The Bertz CT molecular complexity index is 488. The summed E-state index contributed by atoms with van der Waals surface area (Å²) in [7, 11) is 1.74. The van der Waals surface area contributed by atoms with Gasteiger partial charge in [-0.25, -0.2) is 0 Å². The third kappa shape index (κ3) is 6.22. The molecule has 1 saturated carbocycles. The lowest BCUT2D eigenvalue weighted by Gasteiger charge is -2.17. The SMILES string of the molecule is CN(CCc1ccccn1)C(=O)CNC(=O)CNCC1CC1. The average molecular weight is 304 g/mol. The quantitative estimate of drug-likeness (QED) is 0.683. The number of hydrogen-bond donors (Lipinski definition) is 2. The normalized spacial score (nSPS) is 13.7. The lowest BCUT2D eigenvalue weighted by Crippen LogP contribution is -2.42. The summed E-state index contributed by atoms with van der Waals surface area (Å²) in [5.74, 6) is 0.519. The van der Waals surface area contributed by atoms with Gasteiger partial charge in [0, 0.05) is 31.9 Å². The summed E-state index contributed by atoms with van der Waals surface area (Å²) >= 11 is 0. The van der Waals surface area contributed by atoms with Gasteiger partial charge in [0.2, 0.25) is 11.8 Å². The minimum Gasteiger partial charge on any atom is -0.346 e. The molecule has 120 valence electrons. The zero-order chi connectivity index (χ0) is 15.8. The highest BCUT2D eigenvalue weighted by Crippen LogP contribution is 2.27. The molecule has 6 nitrogen and oxygen atoms in total. The van der Waals surface area contributed by atoms with Crippen molar-refractivity contribution < 1.29 is 9.59 Å². The molecule has 22 heavy (non-hydrogen) atoms. The number of aromatic nitrogens is 1. The van der Waals surface area contributed by atoms with Crippen LogP contribution in [0.3, 0.4) is 0 Å². The molecule has 0 aliphatic heterocycles. The fourth-order valence-corrected chi connectivity index (χ4v) is 2.04. The first-order valence-corrected chi connectivity index (χ1v) is 7.76. The second-order valence-electron chi connectivity index (χ2n) is 5.74. The molecular formula is C16H24N4O2. The lowest BCUT2D eigenvalue weighted by molar-refractivity contribution is -0.131. The first-order valence-electron chi connectivity index (χ1n) is 7.76. The van der Waals surface area contributed by atoms with E-state index in [0.717, 1.165) is 18.2 Å². The molecule has 0 radical (unpaired) electrons. The van der Waals surface area contributed by atoms with Crippen molar-refractivity contribution in [1.82, 2.24) is 20.5 Å². The Hall–Kier alpha value is -1.95. The number of hydrogen-bond acceptors (Lipinski definition) is 4. The van der Waals surface area contributed by atoms with E-state index in [1.54, 1.807) is 18.1 Å². The van der Waals surface area contributed by atoms with Crippen molar-refractivity contribution >= 4 is 11.8 Å². The van der Waals surface area contributed by atoms with E-state index >= 15 is 0 Å². The van der Waals surface area contributed by atoms with E-state index in [0.29, 0.717) is 13.0 Å². The smallest absolute Gasteiger partial charge is 0.241 e. The zero-order valence-corrected chi connectivity index (χ0v) is 13.0. The van der Waals surface area contributed by atoms with Crippen LogP contribution in [0.5, 0.6) is 0 Å². The maximum Gasteiger partial charge on any atom is 0.241 e. The Kier molecular flexibility index (Phi) is 6.33. The van der Waals surface area contributed by atoms with Crippen LogP contribution in [0.25, 0.3) is 0 Å². The van der Waals surface area contributed by atoms with Gasteiger partial charge in [-0.05, 0) is 37.4 Å². The lowest BCUT2D eigenvalue weighted by atomic mass is 10.2. The van der Waals surface area contributed by atoms with Crippen molar-refractivity contribution in [2.75, 3.05) is 33.2 Å². The standard InChI is InChI=1S/C16H24N4O2/c1-20(9-7-14-4-2-3-8-18-14)16(22)12-19-15(21)11-17-10-13-5-6-13/h2-4,8,13,17H,5-7,9-12H2,1H3,(H,19,21).